The molecule has 2 aliphatic heterocycles. The number of piperidine rings is 2. The second-order valence-corrected chi connectivity index (χ2v) is 7.24. The summed E-state index contributed by atoms with van der Waals surface area (Å²) in [6.07, 6.45) is 4.71. The maximum Gasteiger partial charge on any atom is 0.228 e. The van der Waals surface area contributed by atoms with Crippen LogP contribution in [0.1, 0.15) is 53.4 Å². The maximum absolute atomic E-state index is 12.9. The van der Waals surface area contributed by atoms with Crippen LogP contribution in [0.5, 0.6) is 0 Å². The molecule has 0 aromatic carbocycles. The van der Waals surface area contributed by atoms with Crippen molar-refractivity contribution in [1.29, 1.82) is 0 Å². The smallest absolute Gasteiger partial charge is 0.228 e. The molecule has 0 bridgehead atoms. The minimum Gasteiger partial charge on any atom is -0.340 e. The van der Waals surface area contributed by atoms with Gasteiger partial charge in [-0.05, 0) is 57.5 Å². The van der Waals surface area contributed by atoms with Gasteiger partial charge in [-0.1, -0.05) is 20.8 Å². The molecule has 2 aliphatic rings. The van der Waals surface area contributed by atoms with E-state index >= 15 is 0 Å². The van der Waals surface area contributed by atoms with Crippen LogP contribution in [-0.4, -0.2) is 36.5 Å². The average Bonchev–Trinajstić information content (AvgIpc) is 2.39. The highest BCUT2D eigenvalue weighted by Gasteiger charge is 2.41. The Hall–Kier alpha value is -0.570. The summed E-state index contributed by atoms with van der Waals surface area (Å²) < 4.78 is 0. The first-order chi connectivity index (χ1) is 8.93. The fourth-order valence-electron chi connectivity index (χ4n) is 3.72. The molecule has 110 valence electrons. The SMILES string of the molecule is CC1CCN(C(=O)C(C)(C)C2CCCNC2)C(C)C1. The molecule has 0 spiro atoms. The van der Waals surface area contributed by atoms with Crippen LogP contribution in [-0.2, 0) is 4.79 Å². The van der Waals surface area contributed by atoms with E-state index in [1.165, 1.54) is 12.8 Å². The lowest BCUT2D eigenvalue weighted by Crippen LogP contribution is -2.53. The number of amides is 1. The summed E-state index contributed by atoms with van der Waals surface area (Å²) >= 11 is 0. The number of nitrogens with zero attached hydrogens (tertiary/aromatic N) is 1. The number of carbonyl (C=O) groups excluding carboxylic acids is 1. The van der Waals surface area contributed by atoms with Crippen LogP contribution >= 0.6 is 0 Å². The molecule has 3 nitrogen and oxygen atoms in total. The van der Waals surface area contributed by atoms with E-state index in [0.717, 1.165) is 38.4 Å². The van der Waals surface area contributed by atoms with Gasteiger partial charge < -0.3 is 10.2 Å². The lowest BCUT2D eigenvalue weighted by Gasteiger charge is -2.44. The molecule has 19 heavy (non-hydrogen) atoms. The van der Waals surface area contributed by atoms with Gasteiger partial charge in [-0.3, -0.25) is 4.79 Å². The van der Waals surface area contributed by atoms with Gasteiger partial charge in [0.1, 0.15) is 0 Å². The van der Waals surface area contributed by atoms with Crippen LogP contribution in [0.4, 0.5) is 0 Å². The Morgan fingerprint density at radius 3 is 2.58 bits per heavy atom. The molecule has 1 N–H and O–H groups in total. The Balaban J connectivity index is 2.04. The number of hydrogen-bond donors (Lipinski definition) is 1. The number of nitrogens with one attached hydrogen (secondary N) is 1. The Kier molecular flexibility index (Phi) is 4.54. The highest BCUT2D eigenvalue weighted by molar-refractivity contribution is 5.82. The van der Waals surface area contributed by atoms with Crippen molar-refractivity contribution in [1.82, 2.24) is 10.2 Å². The number of carbonyl (C=O) groups is 1. The van der Waals surface area contributed by atoms with E-state index in [9.17, 15) is 4.79 Å². The Labute approximate surface area is 118 Å². The standard InChI is InChI=1S/C16H30N2O/c1-12-7-9-18(13(2)10-12)15(19)16(3,4)14-6-5-8-17-11-14/h12-14,17H,5-11H2,1-4H3. The zero-order valence-electron chi connectivity index (χ0n) is 13.0. The summed E-state index contributed by atoms with van der Waals surface area (Å²) in [5, 5.41) is 3.45. The molecule has 0 aromatic heterocycles. The zero-order valence-corrected chi connectivity index (χ0v) is 13.0. The monoisotopic (exact) mass is 266 g/mol. The zero-order chi connectivity index (χ0) is 14.0. The van der Waals surface area contributed by atoms with Gasteiger partial charge in [-0.25, -0.2) is 0 Å². The molecule has 2 saturated heterocycles. The molecule has 0 aliphatic carbocycles. The highest BCUT2D eigenvalue weighted by Crippen LogP contribution is 2.36. The van der Waals surface area contributed by atoms with Crippen molar-refractivity contribution in [3.8, 4) is 0 Å². The third-order valence-corrected chi connectivity index (χ3v) is 5.27. The van der Waals surface area contributed by atoms with Gasteiger partial charge in [-0.15, -0.1) is 0 Å². The van der Waals surface area contributed by atoms with Crippen LogP contribution in [0.25, 0.3) is 0 Å². The first-order valence-corrected chi connectivity index (χ1v) is 7.94. The summed E-state index contributed by atoms with van der Waals surface area (Å²) in [6, 6.07) is 0.409. The van der Waals surface area contributed by atoms with E-state index in [2.05, 4.69) is 37.9 Å². The third-order valence-electron chi connectivity index (χ3n) is 5.27. The molecule has 3 atom stereocenters. The molecule has 2 rings (SSSR count). The third kappa shape index (κ3) is 3.13. The van der Waals surface area contributed by atoms with E-state index in [0.29, 0.717) is 17.9 Å². The fraction of sp³-hybridized carbons (Fsp3) is 0.938. The molecule has 3 unspecified atom stereocenters. The van der Waals surface area contributed by atoms with Crippen molar-refractivity contribution in [3.05, 3.63) is 0 Å². The van der Waals surface area contributed by atoms with Crippen molar-refractivity contribution in [2.24, 2.45) is 17.3 Å². The normalized spacial score (nSPS) is 33.3. The van der Waals surface area contributed by atoms with Crippen LogP contribution in [0.2, 0.25) is 0 Å². The Morgan fingerprint density at radius 1 is 1.26 bits per heavy atom. The summed E-state index contributed by atoms with van der Waals surface area (Å²) in [4.78, 5) is 15.1. The van der Waals surface area contributed by atoms with Crippen molar-refractivity contribution in [2.45, 2.75) is 59.4 Å². The van der Waals surface area contributed by atoms with Gasteiger partial charge in [0.15, 0.2) is 0 Å². The van der Waals surface area contributed by atoms with E-state index in [4.69, 9.17) is 0 Å². The molecule has 1 amide bonds. The summed E-state index contributed by atoms with van der Waals surface area (Å²) in [5.41, 5.74) is -0.220. The first kappa shape index (κ1) is 14.8. The second-order valence-electron chi connectivity index (χ2n) is 7.24. The van der Waals surface area contributed by atoms with Crippen LogP contribution in [0, 0.1) is 17.3 Å². The molecule has 3 heteroatoms. The number of likely N-dealkylation sites (tertiary alicyclic amines) is 1. The van der Waals surface area contributed by atoms with Gasteiger partial charge in [0.2, 0.25) is 5.91 Å². The van der Waals surface area contributed by atoms with Gasteiger partial charge in [0, 0.05) is 18.0 Å². The van der Waals surface area contributed by atoms with Crippen LogP contribution in [0.15, 0.2) is 0 Å². The summed E-state index contributed by atoms with van der Waals surface area (Å²) in [6.45, 7) is 11.9. The van der Waals surface area contributed by atoms with Crippen LogP contribution < -0.4 is 5.32 Å². The molecular weight excluding hydrogens is 236 g/mol. The highest BCUT2D eigenvalue weighted by atomic mass is 16.2. The number of rotatable bonds is 2. The largest absolute Gasteiger partial charge is 0.340 e. The predicted octanol–water partition coefficient (Wildman–Crippen LogP) is 2.66. The van der Waals surface area contributed by atoms with Crippen molar-refractivity contribution < 1.29 is 4.79 Å². The van der Waals surface area contributed by atoms with Crippen molar-refractivity contribution in [2.75, 3.05) is 19.6 Å². The molecule has 2 fully saturated rings. The van der Waals surface area contributed by atoms with E-state index < -0.39 is 0 Å². The Bertz CT molecular complexity index is 321. The van der Waals surface area contributed by atoms with E-state index in [1.807, 2.05) is 0 Å². The quantitative estimate of drug-likeness (QED) is 0.833. The molecular formula is C16H30N2O. The van der Waals surface area contributed by atoms with Gasteiger partial charge in [-0.2, -0.15) is 0 Å². The predicted molar refractivity (Wildman–Crippen MR) is 78.9 cm³/mol. The minimum atomic E-state index is -0.220. The number of hydrogen-bond acceptors (Lipinski definition) is 2. The van der Waals surface area contributed by atoms with Gasteiger partial charge in [0.05, 0.1) is 0 Å². The fourth-order valence-corrected chi connectivity index (χ4v) is 3.72. The molecule has 0 saturated carbocycles. The molecule has 2 heterocycles. The lowest BCUT2D eigenvalue weighted by atomic mass is 9.73. The van der Waals surface area contributed by atoms with Gasteiger partial charge >= 0.3 is 0 Å². The summed E-state index contributed by atoms with van der Waals surface area (Å²) in [7, 11) is 0. The average molecular weight is 266 g/mol. The van der Waals surface area contributed by atoms with E-state index in [1.54, 1.807) is 0 Å². The molecule has 0 radical (unpaired) electrons. The first-order valence-electron chi connectivity index (χ1n) is 7.94. The van der Waals surface area contributed by atoms with Crippen molar-refractivity contribution >= 4 is 5.91 Å². The van der Waals surface area contributed by atoms with E-state index in [-0.39, 0.29) is 5.41 Å². The topological polar surface area (TPSA) is 32.3 Å². The Morgan fingerprint density at radius 2 is 2.00 bits per heavy atom. The second kappa shape index (κ2) is 5.82. The molecule has 0 aromatic rings. The van der Waals surface area contributed by atoms with Crippen LogP contribution in [0.3, 0.4) is 0 Å². The summed E-state index contributed by atoms with van der Waals surface area (Å²) in [5.74, 6) is 1.62. The lowest BCUT2D eigenvalue weighted by molar-refractivity contribution is -0.148. The van der Waals surface area contributed by atoms with Crippen molar-refractivity contribution in [3.63, 3.8) is 0 Å². The maximum atomic E-state index is 12.9. The minimum absolute atomic E-state index is 0.220. The van der Waals surface area contributed by atoms with Gasteiger partial charge in [0.25, 0.3) is 0 Å².